The number of nitrogens with one attached hydrogen (secondary N) is 1. The number of benzene rings is 1. The second kappa shape index (κ2) is 15.3. The maximum Gasteiger partial charge on any atom is 0.405 e. The minimum atomic E-state index is -0.959. The van der Waals surface area contributed by atoms with E-state index in [1.807, 2.05) is 6.92 Å². The minimum Gasteiger partial charge on any atom is -0.505 e. The number of aliphatic hydroxyl groups excluding tert-OH is 1. The number of aromatic hydroxyl groups is 2. The third-order valence-electron chi connectivity index (χ3n) is 6.93. The number of rotatable bonds is 4. The van der Waals surface area contributed by atoms with Crippen LogP contribution >= 0.6 is 0 Å². The SMILES string of the molecule is COc1c(O)cc2c(O)c1C=C(C)C[C@H](OC)[C@H](O)[C@@H](C)C=C(C)[C@H](OC(N)=O)C[C@@H](OC)C=CC=C(C)C(=O)N2. The number of ether oxygens (including phenoxy) is 4. The number of fused-ring (bicyclic) bond motifs is 2. The summed E-state index contributed by atoms with van der Waals surface area (Å²) in [6.07, 6.45) is 4.96. The summed E-state index contributed by atoms with van der Waals surface area (Å²) < 4.78 is 21.8. The van der Waals surface area contributed by atoms with Gasteiger partial charge in [-0.3, -0.25) is 4.79 Å². The predicted molar refractivity (Wildman–Crippen MR) is 156 cm³/mol. The molecule has 2 rings (SSSR count). The van der Waals surface area contributed by atoms with Gasteiger partial charge in [0.1, 0.15) is 11.9 Å². The lowest BCUT2D eigenvalue weighted by Gasteiger charge is -2.27. The second-order valence-corrected chi connectivity index (χ2v) is 10.1. The number of primary amides is 1. The van der Waals surface area contributed by atoms with Gasteiger partial charge in [0.15, 0.2) is 11.5 Å². The van der Waals surface area contributed by atoms with Crippen molar-refractivity contribution in [2.45, 2.75) is 65.0 Å². The molecular formula is C30H42N2O9. The third kappa shape index (κ3) is 9.10. The van der Waals surface area contributed by atoms with E-state index in [4.69, 9.17) is 24.7 Å². The Morgan fingerprint density at radius 2 is 1.80 bits per heavy atom. The van der Waals surface area contributed by atoms with E-state index in [1.165, 1.54) is 27.4 Å². The van der Waals surface area contributed by atoms with Crippen LogP contribution in [0.3, 0.4) is 0 Å². The fraction of sp³-hybridized carbons (Fsp3) is 0.467. The Hall–Kier alpha value is -3.80. The number of aliphatic hydroxyl groups is 1. The quantitative estimate of drug-likeness (QED) is 0.201. The Morgan fingerprint density at radius 3 is 2.39 bits per heavy atom. The molecular weight excluding hydrogens is 532 g/mol. The summed E-state index contributed by atoms with van der Waals surface area (Å²) in [7, 11) is 4.33. The van der Waals surface area contributed by atoms with Crippen LogP contribution in [0, 0.1) is 5.92 Å². The zero-order valence-corrected chi connectivity index (χ0v) is 24.6. The van der Waals surface area contributed by atoms with E-state index in [0.717, 1.165) is 0 Å². The van der Waals surface area contributed by atoms with Crippen molar-refractivity contribution >= 4 is 23.8 Å². The van der Waals surface area contributed by atoms with Gasteiger partial charge < -0.3 is 45.3 Å². The topological polar surface area (TPSA) is 170 Å². The number of hydrogen-bond donors (Lipinski definition) is 5. The maximum absolute atomic E-state index is 12.9. The van der Waals surface area contributed by atoms with Gasteiger partial charge in [-0.05, 0) is 38.8 Å². The summed E-state index contributed by atoms with van der Waals surface area (Å²) in [6, 6.07) is 1.20. The number of phenolic OH excluding ortho intramolecular Hbond substituents is 2. The average Bonchev–Trinajstić information content (AvgIpc) is 2.91. The van der Waals surface area contributed by atoms with Gasteiger partial charge in [-0.2, -0.15) is 0 Å². The van der Waals surface area contributed by atoms with Crippen molar-refractivity contribution in [3.63, 3.8) is 0 Å². The fourth-order valence-corrected chi connectivity index (χ4v) is 4.58. The van der Waals surface area contributed by atoms with E-state index in [9.17, 15) is 24.9 Å². The van der Waals surface area contributed by atoms with Gasteiger partial charge >= 0.3 is 6.09 Å². The summed E-state index contributed by atoms with van der Waals surface area (Å²) >= 11 is 0. The number of allylic oxidation sites excluding steroid dienone is 2. The van der Waals surface area contributed by atoms with E-state index in [0.29, 0.717) is 16.7 Å². The first kappa shape index (κ1) is 33.4. The number of hydrogen-bond acceptors (Lipinski definition) is 9. The molecule has 226 valence electrons. The van der Waals surface area contributed by atoms with Gasteiger partial charge in [-0.1, -0.05) is 36.8 Å². The Morgan fingerprint density at radius 1 is 1.12 bits per heavy atom. The maximum atomic E-state index is 12.9. The lowest BCUT2D eigenvalue weighted by atomic mass is 9.91. The highest BCUT2D eigenvalue weighted by Gasteiger charge is 2.27. The molecule has 2 amide bonds. The van der Waals surface area contributed by atoms with Crippen LogP contribution in [0.5, 0.6) is 17.2 Å². The summed E-state index contributed by atoms with van der Waals surface area (Å²) in [5, 5.41) is 35.4. The molecule has 0 radical (unpaired) electrons. The van der Waals surface area contributed by atoms with Gasteiger partial charge in [-0.15, -0.1) is 0 Å². The highest BCUT2D eigenvalue weighted by atomic mass is 16.6. The molecule has 1 aromatic carbocycles. The summed E-state index contributed by atoms with van der Waals surface area (Å²) in [6.45, 7) is 6.95. The summed E-state index contributed by atoms with van der Waals surface area (Å²) in [4.78, 5) is 24.5. The van der Waals surface area contributed by atoms with Gasteiger partial charge in [-0.25, -0.2) is 4.79 Å². The van der Waals surface area contributed by atoms with Crippen LogP contribution in [0.15, 0.2) is 47.1 Å². The van der Waals surface area contributed by atoms with Gasteiger partial charge in [0.2, 0.25) is 0 Å². The van der Waals surface area contributed by atoms with Gasteiger partial charge in [0.25, 0.3) is 5.91 Å². The van der Waals surface area contributed by atoms with Crippen molar-refractivity contribution in [3.05, 3.63) is 52.7 Å². The van der Waals surface area contributed by atoms with Crippen LogP contribution in [0.2, 0.25) is 0 Å². The van der Waals surface area contributed by atoms with Crippen molar-refractivity contribution in [2.75, 3.05) is 26.6 Å². The average molecular weight is 575 g/mol. The summed E-state index contributed by atoms with van der Waals surface area (Å²) in [5.74, 6) is -1.49. The van der Waals surface area contributed by atoms with E-state index in [2.05, 4.69) is 5.32 Å². The molecule has 41 heavy (non-hydrogen) atoms. The molecule has 0 spiro atoms. The van der Waals surface area contributed by atoms with E-state index < -0.39 is 42.3 Å². The van der Waals surface area contributed by atoms with Gasteiger partial charge in [0.05, 0.1) is 36.7 Å². The highest BCUT2D eigenvalue weighted by Crippen LogP contribution is 2.43. The van der Waals surface area contributed by atoms with Gasteiger partial charge in [0, 0.05) is 38.2 Å². The van der Waals surface area contributed by atoms with Crippen LogP contribution in [-0.2, 0) is 19.0 Å². The number of anilines is 1. The van der Waals surface area contributed by atoms with Crippen LogP contribution in [0.25, 0.3) is 6.08 Å². The zero-order chi connectivity index (χ0) is 30.9. The van der Waals surface area contributed by atoms with Crippen molar-refractivity contribution in [1.29, 1.82) is 0 Å². The zero-order valence-electron chi connectivity index (χ0n) is 24.6. The number of methoxy groups -OCH3 is 3. The van der Waals surface area contributed by atoms with Crippen LogP contribution < -0.4 is 15.8 Å². The molecule has 1 aliphatic heterocycles. The van der Waals surface area contributed by atoms with E-state index >= 15 is 0 Å². The second-order valence-electron chi connectivity index (χ2n) is 10.1. The standard InChI is InChI=1S/C30H42N2O9/c1-16-11-21-27(35)22(15-23(33)28(21)40-7)32-29(36)17(2)9-8-10-20(38-5)14-24(41-30(31)37)18(3)13-19(4)26(34)25(12-16)39-6/h8-11,13,15,19-20,24-26,33-35H,12,14H2,1-7H3,(H2,31,37)(H,32,36)/t19-,20-,24+,25-,26+/m0/s1. The molecule has 1 aliphatic rings. The predicted octanol–water partition coefficient (Wildman–Crippen LogP) is 4.18. The molecule has 0 unspecified atom stereocenters. The van der Waals surface area contributed by atoms with E-state index in [-0.39, 0.29) is 41.3 Å². The molecule has 6 N–H and O–H groups in total. The van der Waals surface area contributed by atoms with Crippen molar-refractivity contribution < 1.29 is 43.9 Å². The van der Waals surface area contributed by atoms with Crippen molar-refractivity contribution in [3.8, 4) is 17.2 Å². The first-order chi connectivity index (χ1) is 19.3. The smallest absolute Gasteiger partial charge is 0.405 e. The largest absolute Gasteiger partial charge is 0.505 e. The van der Waals surface area contributed by atoms with Crippen molar-refractivity contribution in [1.82, 2.24) is 0 Å². The Bertz CT molecular complexity index is 1220. The van der Waals surface area contributed by atoms with Crippen LogP contribution in [0.1, 0.15) is 46.1 Å². The fourth-order valence-electron chi connectivity index (χ4n) is 4.58. The number of phenols is 2. The Kier molecular flexibility index (Phi) is 12.4. The Labute approximate surface area is 240 Å². The third-order valence-corrected chi connectivity index (χ3v) is 6.93. The van der Waals surface area contributed by atoms with Crippen molar-refractivity contribution in [2.24, 2.45) is 11.7 Å². The number of carbonyl (C=O) groups is 2. The number of amides is 2. The molecule has 1 heterocycles. The summed E-state index contributed by atoms with van der Waals surface area (Å²) in [5.41, 5.74) is 7.12. The number of carbonyl (C=O) groups excluding carboxylic acids is 2. The molecule has 1 aromatic rings. The first-order valence-corrected chi connectivity index (χ1v) is 13.2. The van der Waals surface area contributed by atoms with Crippen LogP contribution in [0.4, 0.5) is 10.5 Å². The molecule has 0 aromatic heterocycles. The normalized spacial score (nSPS) is 24.8. The number of nitrogens with two attached hydrogens (primary N) is 1. The molecule has 0 saturated carbocycles. The lowest BCUT2D eigenvalue weighted by Crippen LogP contribution is -2.34. The molecule has 0 fully saturated rings. The molecule has 2 bridgehead atoms. The van der Waals surface area contributed by atoms with Crippen LogP contribution in [-0.4, -0.2) is 73.1 Å². The molecule has 5 atom stereocenters. The lowest BCUT2D eigenvalue weighted by molar-refractivity contribution is -0.112. The Balaban J connectivity index is 2.67. The van der Waals surface area contributed by atoms with E-state index in [1.54, 1.807) is 51.2 Å². The molecule has 0 aliphatic carbocycles. The molecule has 11 nitrogen and oxygen atoms in total. The minimum absolute atomic E-state index is 0.0164. The molecule has 11 heteroatoms. The molecule has 0 saturated heterocycles. The first-order valence-electron chi connectivity index (χ1n) is 13.2. The highest BCUT2D eigenvalue weighted by molar-refractivity contribution is 6.05. The monoisotopic (exact) mass is 574 g/mol.